The van der Waals surface area contributed by atoms with Crippen LogP contribution in [0.2, 0.25) is 0 Å². The minimum atomic E-state index is -0.224. The fourth-order valence-electron chi connectivity index (χ4n) is 9.56. The summed E-state index contributed by atoms with van der Waals surface area (Å²) < 4.78 is 2.65. The number of nitrogens with zero attached hydrogens (tertiary/aromatic N) is 1. The van der Waals surface area contributed by atoms with E-state index < -0.39 is 0 Å². The zero-order valence-electron chi connectivity index (χ0n) is 33.1. The van der Waals surface area contributed by atoms with Crippen LogP contribution in [-0.4, -0.2) is 0 Å². The van der Waals surface area contributed by atoms with Crippen molar-refractivity contribution in [3.63, 3.8) is 0 Å². The van der Waals surface area contributed by atoms with E-state index in [1.807, 2.05) is 11.3 Å². The molecule has 1 heterocycles. The second-order valence-electron chi connectivity index (χ2n) is 16.0. The average molecular weight is 772 g/mol. The number of benzene rings is 9. The van der Waals surface area contributed by atoms with Gasteiger partial charge in [-0.25, -0.2) is 0 Å². The summed E-state index contributed by atoms with van der Waals surface area (Å²) in [5.41, 5.74) is 18.1. The van der Waals surface area contributed by atoms with E-state index in [-0.39, 0.29) is 5.41 Å². The number of fused-ring (bicyclic) bond motifs is 6. The highest BCUT2D eigenvalue weighted by atomic mass is 32.1. The molecule has 0 aliphatic heterocycles. The van der Waals surface area contributed by atoms with Crippen molar-refractivity contribution in [2.75, 3.05) is 4.90 Å². The Hall–Kier alpha value is -7.00. The van der Waals surface area contributed by atoms with Crippen molar-refractivity contribution >= 4 is 48.6 Å². The molecule has 1 aliphatic carbocycles. The molecule has 0 unspecified atom stereocenters. The lowest BCUT2D eigenvalue weighted by Crippen LogP contribution is -2.21. The SMILES string of the molecule is CC1(C)c2ccccc2-c2cccc(N(c3ccc(-c4ccc5sc6ccccc6c5c4)cc3)c3cccc(-c4ccccc4)c3-c3ccccc3-c3ccccc3)c21. The van der Waals surface area contributed by atoms with Crippen LogP contribution in [-0.2, 0) is 5.41 Å². The largest absolute Gasteiger partial charge is 0.310 e. The van der Waals surface area contributed by atoms with E-state index in [4.69, 9.17) is 0 Å². The lowest BCUT2D eigenvalue weighted by atomic mass is 9.81. The van der Waals surface area contributed by atoms with Crippen LogP contribution < -0.4 is 4.90 Å². The first-order valence-corrected chi connectivity index (χ1v) is 21.2. The first kappa shape index (κ1) is 35.2. The monoisotopic (exact) mass is 771 g/mol. The third kappa shape index (κ3) is 5.82. The standard InChI is InChI=1S/C57H41NS/c1-57(2)50-27-13-11-22-45(50)48-26-16-29-52(56(48)57)58(42-34-31-38(32-35-42)41-33-36-54-49(37-41)46-23-12-14-30-53(46)59-54)51-28-15-25-44(40-19-7-4-8-20-40)55(51)47-24-10-9-21-43(47)39-17-5-3-6-18-39/h3-37H,1-2H3. The lowest BCUT2D eigenvalue weighted by molar-refractivity contribution is 0.661. The van der Waals surface area contributed by atoms with E-state index in [2.05, 4.69) is 231 Å². The van der Waals surface area contributed by atoms with Crippen molar-refractivity contribution in [2.45, 2.75) is 19.3 Å². The Labute approximate surface area is 350 Å². The fourth-order valence-corrected chi connectivity index (χ4v) is 10.6. The van der Waals surface area contributed by atoms with Crippen LogP contribution in [0.4, 0.5) is 17.1 Å². The predicted molar refractivity (Wildman–Crippen MR) is 253 cm³/mol. The van der Waals surface area contributed by atoms with Gasteiger partial charge in [0.2, 0.25) is 0 Å². The van der Waals surface area contributed by atoms with Crippen molar-refractivity contribution in [1.82, 2.24) is 0 Å². The summed E-state index contributed by atoms with van der Waals surface area (Å²) in [5.74, 6) is 0. The van der Waals surface area contributed by atoms with Crippen molar-refractivity contribution < 1.29 is 0 Å². The molecule has 0 amide bonds. The summed E-state index contributed by atoms with van der Waals surface area (Å²) in [6.45, 7) is 4.78. The molecular weight excluding hydrogens is 731 g/mol. The van der Waals surface area contributed by atoms with E-state index in [9.17, 15) is 0 Å². The zero-order chi connectivity index (χ0) is 39.5. The van der Waals surface area contributed by atoms with E-state index in [1.54, 1.807) is 0 Å². The molecule has 1 nitrogen and oxygen atoms in total. The van der Waals surface area contributed by atoms with E-state index in [0.717, 1.165) is 11.4 Å². The number of thiophene rings is 1. The Balaban J connectivity index is 1.17. The summed E-state index contributed by atoms with van der Waals surface area (Å²) in [5, 5.41) is 2.63. The summed E-state index contributed by atoms with van der Waals surface area (Å²) in [7, 11) is 0. The molecule has 0 atom stereocenters. The van der Waals surface area contributed by atoms with Gasteiger partial charge in [-0.1, -0.05) is 184 Å². The average Bonchev–Trinajstić information content (AvgIpc) is 3.79. The molecule has 9 aromatic carbocycles. The highest BCUT2D eigenvalue weighted by Crippen LogP contribution is 2.56. The first-order valence-electron chi connectivity index (χ1n) is 20.4. The molecule has 2 heteroatoms. The lowest BCUT2D eigenvalue weighted by Gasteiger charge is -2.34. The molecular formula is C57H41NS. The Morgan fingerprint density at radius 3 is 1.69 bits per heavy atom. The van der Waals surface area contributed by atoms with Crippen molar-refractivity contribution in [3.8, 4) is 55.6 Å². The summed E-state index contributed by atoms with van der Waals surface area (Å²) in [6.07, 6.45) is 0. The maximum atomic E-state index is 2.54. The summed E-state index contributed by atoms with van der Waals surface area (Å²) >= 11 is 1.86. The molecule has 1 aromatic heterocycles. The fraction of sp³-hybridized carbons (Fsp3) is 0.0526. The maximum absolute atomic E-state index is 2.54. The van der Waals surface area contributed by atoms with Gasteiger partial charge in [-0.2, -0.15) is 0 Å². The Bertz CT molecular complexity index is 3170. The van der Waals surface area contributed by atoms with Gasteiger partial charge >= 0.3 is 0 Å². The minimum absolute atomic E-state index is 0.224. The Morgan fingerprint density at radius 2 is 0.932 bits per heavy atom. The summed E-state index contributed by atoms with van der Waals surface area (Å²) in [6, 6.07) is 78.2. The van der Waals surface area contributed by atoms with Crippen LogP contribution in [0.25, 0.3) is 75.8 Å². The Morgan fingerprint density at radius 1 is 0.373 bits per heavy atom. The molecule has 0 saturated heterocycles. The van der Waals surface area contributed by atoms with Crippen LogP contribution in [0.3, 0.4) is 0 Å². The topological polar surface area (TPSA) is 3.24 Å². The van der Waals surface area contributed by atoms with Gasteiger partial charge in [-0.05, 0) is 104 Å². The molecule has 59 heavy (non-hydrogen) atoms. The van der Waals surface area contributed by atoms with Gasteiger partial charge in [0.1, 0.15) is 0 Å². The van der Waals surface area contributed by atoms with Crippen LogP contribution in [0.5, 0.6) is 0 Å². The number of anilines is 3. The zero-order valence-corrected chi connectivity index (χ0v) is 33.9. The second-order valence-corrected chi connectivity index (χ2v) is 17.1. The molecule has 11 rings (SSSR count). The highest BCUT2D eigenvalue weighted by Gasteiger charge is 2.39. The van der Waals surface area contributed by atoms with Crippen molar-refractivity contribution in [1.29, 1.82) is 0 Å². The van der Waals surface area contributed by atoms with Crippen LogP contribution in [0.1, 0.15) is 25.0 Å². The first-order chi connectivity index (χ1) is 29.0. The van der Waals surface area contributed by atoms with Crippen LogP contribution >= 0.6 is 11.3 Å². The molecule has 10 aromatic rings. The van der Waals surface area contributed by atoms with Gasteiger partial charge in [-0.3, -0.25) is 0 Å². The molecule has 0 bridgehead atoms. The number of hydrogen-bond donors (Lipinski definition) is 0. The molecule has 0 N–H and O–H groups in total. The van der Waals surface area contributed by atoms with Gasteiger partial charge < -0.3 is 4.90 Å². The van der Waals surface area contributed by atoms with Gasteiger partial charge in [0.15, 0.2) is 0 Å². The second kappa shape index (κ2) is 14.1. The van der Waals surface area contributed by atoms with Gasteiger partial charge in [-0.15, -0.1) is 11.3 Å². The van der Waals surface area contributed by atoms with Gasteiger partial charge in [0, 0.05) is 36.8 Å². The predicted octanol–water partition coefficient (Wildman–Crippen LogP) is 16.5. The van der Waals surface area contributed by atoms with Crippen LogP contribution in [0, 0.1) is 0 Å². The summed E-state index contributed by atoms with van der Waals surface area (Å²) in [4.78, 5) is 2.54. The van der Waals surface area contributed by atoms with Gasteiger partial charge in [0.05, 0.1) is 11.4 Å². The molecule has 0 radical (unpaired) electrons. The quantitative estimate of drug-likeness (QED) is 0.156. The number of hydrogen-bond acceptors (Lipinski definition) is 2. The Kier molecular flexibility index (Phi) is 8.43. The smallest absolute Gasteiger partial charge is 0.0546 e. The van der Waals surface area contributed by atoms with Gasteiger partial charge in [0.25, 0.3) is 0 Å². The maximum Gasteiger partial charge on any atom is 0.0546 e. The van der Waals surface area contributed by atoms with E-state index >= 15 is 0 Å². The molecule has 0 saturated carbocycles. The third-order valence-electron chi connectivity index (χ3n) is 12.3. The third-order valence-corrected chi connectivity index (χ3v) is 13.4. The molecule has 280 valence electrons. The normalized spacial score (nSPS) is 12.7. The van der Waals surface area contributed by atoms with E-state index in [0.29, 0.717) is 0 Å². The van der Waals surface area contributed by atoms with Crippen molar-refractivity contribution in [3.05, 3.63) is 223 Å². The van der Waals surface area contributed by atoms with Crippen molar-refractivity contribution in [2.24, 2.45) is 0 Å². The molecule has 1 aliphatic rings. The molecule has 0 spiro atoms. The van der Waals surface area contributed by atoms with Crippen LogP contribution in [0.15, 0.2) is 212 Å². The molecule has 0 fully saturated rings. The van der Waals surface area contributed by atoms with E-state index in [1.165, 1.54) is 92.6 Å². The minimum Gasteiger partial charge on any atom is -0.310 e. The highest BCUT2D eigenvalue weighted by molar-refractivity contribution is 7.25. The number of rotatable bonds is 7.